The van der Waals surface area contributed by atoms with Gasteiger partial charge in [0.05, 0.1) is 13.0 Å². The normalized spacial score (nSPS) is 14.1. The molecular formula is C16H19N3O2. The van der Waals surface area contributed by atoms with E-state index in [0.29, 0.717) is 6.04 Å². The van der Waals surface area contributed by atoms with E-state index >= 15 is 0 Å². The van der Waals surface area contributed by atoms with Crippen LogP contribution in [0.4, 0.5) is 0 Å². The van der Waals surface area contributed by atoms with Gasteiger partial charge < -0.3 is 15.6 Å². The Morgan fingerprint density at radius 2 is 2.00 bits per heavy atom. The van der Waals surface area contributed by atoms with Crippen molar-refractivity contribution >= 4 is 22.7 Å². The number of aryl methyl sites for hydroxylation is 1. The van der Waals surface area contributed by atoms with Crippen LogP contribution < -0.4 is 10.6 Å². The number of nitrogens with one attached hydrogen (secondary N) is 3. The molecule has 0 bridgehead atoms. The average molecular weight is 285 g/mol. The van der Waals surface area contributed by atoms with Crippen LogP contribution in [-0.2, 0) is 16.0 Å². The highest BCUT2D eigenvalue weighted by Crippen LogP contribution is 2.22. The van der Waals surface area contributed by atoms with Crippen molar-refractivity contribution in [3.63, 3.8) is 0 Å². The average Bonchev–Trinajstić information content (AvgIpc) is 3.21. The Balaban J connectivity index is 1.60. The van der Waals surface area contributed by atoms with Crippen LogP contribution in [0.5, 0.6) is 0 Å². The van der Waals surface area contributed by atoms with E-state index in [0.717, 1.165) is 35.0 Å². The molecule has 5 nitrogen and oxygen atoms in total. The van der Waals surface area contributed by atoms with Crippen LogP contribution in [-0.4, -0.2) is 29.4 Å². The molecule has 0 saturated heterocycles. The van der Waals surface area contributed by atoms with Crippen molar-refractivity contribution in [2.24, 2.45) is 0 Å². The van der Waals surface area contributed by atoms with Crippen molar-refractivity contribution in [1.82, 2.24) is 15.6 Å². The van der Waals surface area contributed by atoms with Gasteiger partial charge >= 0.3 is 0 Å². The lowest BCUT2D eigenvalue weighted by Gasteiger charge is -2.06. The number of carbonyl (C=O) groups is 2. The van der Waals surface area contributed by atoms with Gasteiger partial charge in [0.25, 0.3) is 0 Å². The minimum Gasteiger partial charge on any atom is -0.358 e. The topological polar surface area (TPSA) is 74.0 Å². The van der Waals surface area contributed by atoms with Gasteiger partial charge in [-0.2, -0.15) is 0 Å². The molecule has 110 valence electrons. The highest BCUT2D eigenvalue weighted by Gasteiger charge is 2.23. The number of amides is 2. The van der Waals surface area contributed by atoms with Gasteiger partial charge in [-0.05, 0) is 31.4 Å². The maximum atomic E-state index is 12.0. The van der Waals surface area contributed by atoms with Crippen LogP contribution in [0.3, 0.4) is 0 Å². The molecule has 0 aliphatic heterocycles. The van der Waals surface area contributed by atoms with E-state index in [1.165, 1.54) is 0 Å². The molecule has 1 aromatic heterocycles. The number of rotatable bonds is 5. The van der Waals surface area contributed by atoms with E-state index in [2.05, 4.69) is 15.6 Å². The molecule has 1 aromatic carbocycles. The van der Waals surface area contributed by atoms with E-state index in [1.54, 1.807) is 0 Å². The number of fused-ring (bicyclic) bond motifs is 1. The van der Waals surface area contributed by atoms with Gasteiger partial charge in [-0.25, -0.2) is 0 Å². The predicted octanol–water partition coefficient (Wildman–Crippen LogP) is 1.41. The van der Waals surface area contributed by atoms with E-state index in [-0.39, 0.29) is 24.8 Å². The van der Waals surface area contributed by atoms with E-state index in [4.69, 9.17) is 0 Å². The Morgan fingerprint density at radius 3 is 2.76 bits per heavy atom. The molecule has 1 heterocycles. The molecule has 1 saturated carbocycles. The first kappa shape index (κ1) is 13.7. The Bertz CT molecular complexity index is 686. The first-order valence-corrected chi connectivity index (χ1v) is 7.25. The lowest BCUT2D eigenvalue weighted by Crippen LogP contribution is -2.38. The summed E-state index contributed by atoms with van der Waals surface area (Å²) in [6, 6.07) is 8.24. The highest BCUT2D eigenvalue weighted by atomic mass is 16.2. The summed E-state index contributed by atoms with van der Waals surface area (Å²) in [5.74, 6) is -0.240. The smallest absolute Gasteiger partial charge is 0.239 e. The molecule has 1 aliphatic rings. The number of benzene rings is 1. The zero-order valence-electron chi connectivity index (χ0n) is 12.0. The third-order valence-electron chi connectivity index (χ3n) is 3.75. The largest absolute Gasteiger partial charge is 0.358 e. The lowest BCUT2D eigenvalue weighted by molar-refractivity contribution is -0.125. The maximum absolute atomic E-state index is 12.0. The fourth-order valence-corrected chi connectivity index (χ4v) is 2.47. The molecule has 0 radical (unpaired) electrons. The molecule has 3 rings (SSSR count). The Kier molecular flexibility index (Phi) is 3.64. The summed E-state index contributed by atoms with van der Waals surface area (Å²) in [6.45, 7) is 2.01. The second-order valence-corrected chi connectivity index (χ2v) is 5.57. The van der Waals surface area contributed by atoms with Crippen LogP contribution in [0.25, 0.3) is 10.9 Å². The number of H-pyrrole nitrogens is 1. The highest BCUT2D eigenvalue weighted by molar-refractivity contribution is 5.91. The van der Waals surface area contributed by atoms with E-state index in [1.807, 2.05) is 31.2 Å². The third kappa shape index (κ3) is 3.24. The SMILES string of the molecule is Cc1[nH]c2ccccc2c1CC(=O)NCC(=O)NC1CC1. The van der Waals surface area contributed by atoms with E-state index < -0.39 is 0 Å². The molecule has 21 heavy (non-hydrogen) atoms. The molecule has 0 unspecified atom stereocenters. The Hall–Kier alpha value is -2.30. The van der Waals surface area contributed by atoms with Gasteiger partial charge in [0.15, 0.2) is 0 Å². The van der Waals surface area contributed by atoms with Crippen LogP contribution in [0.2, 0.25) is 0 Å². The van der Waals surface area contributed by atoms with Gasteiger partial charge in [0, 0.05) is 22.6 Å². The summed E-state index contributed by atoms with van der Waals surface area (Å²) >= 11 is 0. The maximum Gasteiger partial charge on any atom is 0.239 e. The second-order valence-electron chi connectivity index (χ2n) is 5.57. The van der Waals surface area contributed by atoms with Crippen LogP contribution in [0, 0.1) is 6.92 Å². The van der Waals surface area contributed by atoms with Gasteiger partial charge in [0.1, 0.15) is 0 Å². The second kappa shape index (κ2) is 5.60. The van der Waals surface area contributed by atoms with Crippen molar-refractivity contribution in [1.29, 1.82) is 0 Å². The molecule has 0 atom stereocenters. The zero-order chi connectivity index (χ0) is 14.8. The molecule has 2 aromatic rings. The standard InChI is InChI=1S/C16H19N3O2/c1-10-13(12-4-2-3-5-14(12)18-10)8-15(20)17-9-16(21)19-11-6-7-11/h2-5,11,18H,6-9H2,1H3,(H,17,20)(H,19,21). The Labute approximate surface area is 123 Å². The number of aromatic nitrogens is 1. The first-order chi connectivity index (χ1) is 10.1. The molecular weight excluding hydrogens is 266 g/mol. The van der Waals surface area contributed by atoms with Crippen LogP contribution >= 0.6 is 0 Å². The van der Waals surface area contributed by atoms with Crippen molar-refractivity contribution in [2.45, 2.75) is 32.2 Å². The summed E-state index contributed by atoms with van der Waals surface area (Å²) < 4.78 is 0. The van der Waals surface area contributed by atoms with Gasteiger partial charge in [-0.1, -0.05) is 18.2 Å². The van der Waals surface area contributed by atoms with Crippen LogP contribution in [0.15, 0.2) is 24.3 Å². The lowest BCUT2D eigenvalue weighted by atomic mass is 10.1. The molecule has 2 amide bonds. The fourth-order valence-electron chi connectivity index (χ4n) is 2.47. The van der Waals surface area contributed by atoms with E-state index in [9.17, 15) is 9.59 Å². The van der Waals surface area contributed by atoms with Crippen molar-refractivity contribution in [3.8, 4) is 0 Å². The van der Waals surface area contributed by atoms with Gasteiger partial charge in [-0.3, -0.25) is 9.59 Å². The minimum atomic E-state index is -0.131. The minimum absolute atomic E-state index is 0.0523. The van der Waals surface area contributed by atoms with Gasteiger partial charge in [-0.15, -0.1) is 0 Å². The summed E-state index contributed by atoms with van der Waals surface area (Å²) in [5, 5.41) is 6.59. The van der Waals surface area contributed by atoms with Crippen molar-refractivity contribution in [2.75, 3.05) is 6.54 Å². The number of hydrogen-bond donors (Lipinski definition) is 3. The summed E-state index contributed by atoms with van der Waals surface area (Å²) in [5.41, 5.74) is 3.02. The molecule has 0 spiro atoms. The summed E-state index contributed by atoms with van der Waals surface area (Å²) in [6.07, 6.45) is 2.38. The number of para-hydroxylation sites is 1. The number of carbonyl (C=O) groups excluding carboxylic acids is 2. The number of aromatic amines is 1. The molecule has 3 N–H and O–H groups in total. The quantitative estimate of drug-likeness (QED) is 0.777. The summed E-state index contributed by atoms with van der Waals surface area (Å²) in [7, 11) is 0. The first-order valence-electron chi connectivity index (χ1n) is 7.25. The molecule has 1 fully saturated rings. The number of hydrogen-bond acceptors (Lipinski definition) is 2. The van der Waals surface area contributed by atoms with Gasteiger partial charge in [0.2, 0.25) is 11.8 Å². The molecule has 5 heteroatoms. The van der Waals surface area contributed by atoms with Crippen LogP contribution in [0.1, 0.15) is 24.1 Å². The predicted molar refractivity (Wildman–Crippen MR) is 80.9 cm³/mol. The fraction of sp³-hybridized carbons (Fsp3) is 0.375. The van der Waals surface area contributed by atoms with Crippen molar-refractivity contribution < 1.29 is 9.59 Å². The summed E-state index contributed by atoms with van der Waals surface area (Å²) in [4.78, 5) is 26.8. The van der Waals surface area contributed by atoms with Crippen molar-refractivity contribution in [3.05, 3.63) is 35.5 Å². The third-order valence-corrected chi connectivity index (χ3v) is 3.75. The molecule has 1 aliphatic carbocycles. The Morgan fingerprint density at radius 1 is 1.24 bits per heavy atom. The zero-order valence-corrected chi connectivity index (χ0v) is 12.0. The monoisotopic (exact) mass is 285 g/mol.